The van der Waals surface area contributed by atoms with E-state index in [1.165, 1.54) is 6.20 Å². The molecule has 0 amide bonds. The number of hydrogen-bond acceptors (Lipinski definition) is 8. The molecule has 0 aliphatic carbocycles. The van der Waals surface area contributed by atoms with Crippen LogP contribution in [0.5, 0.6) is 5.88 Å². The van der Waals surface area contributed by atoms with Gasteiger partial charge in [0.1, 0.15) is 11.4 Å². The summed E-state index contributed by atoms with van der Waals surface area (Å²) in [5.41, 5.74) is 1.15. The molecule has 0 saturated carbocycles. The molecule has 42 heavy (non-hydrogen) atoms. The number of ether oxygens (including phenoxy) is 1. The highest BCUT2D eigenvalue weighted by Gasteiger charge is 2.30. The van der Waals surface area contributed by atoms with Crippen molar-refractivity contribution >= 4 is 40.0 Å². The molecule has 1 aromatic carbocycles. The summed E-state index contributed by atoms with van der Waals surface area (Å²) in [7, 11) is 4.14. The normalized spacial score (nSPS) is 17.2. The molecule has 218 valence electrons. The van der Waals surface area contributed by atoms with E-state index < -0.39 is 11.4 Å². The number of carboxylic acids is 1. The second-order valence-electron chi connectivity index (χ2n) is 11.1. The van der Waals surface area contributed by atoms with E-state index in [1.54, 1.807) is 23.0 Å². The van der Waals surface area contributed by atoms with Crippen molar-refractivity contribution in [3.8, 4) is 11.6 Å². The third-order valence-electron chi connectivity index (χ3n) is 8.25. The Labute approximate surface area is 248 Å². The molecular formula is C31H33ClN6O4. The quantitative estimate of drug-likeness (QED) is 0.306. The summed E-state index contributed by atoms with van der Waals surface area (Å²) >= 11 is 6.79. The van der Waals surface area contributed by atoms with Crippen LogP contribution in [0.2, 0.25) is 5.02 Å². The molecule has 0 spiro atoms. The van der Waals surface area contributed by atoms with E-state index in [4.69, 9.17) is 16.3 Å². The van der Waals surface area contributed by atoms with Gasteiger partial charge in [-0.15, -0.1) is 0 Å². The molecule has 2 fully saturated rings. The Morgan fingerprint density at radius 1 is 1.17 bits per heavy atom. The molecule has 3 aromatic heterocycles. The maximum Gasteiger partial charge on any atom is 0.341 e. The second kappa shape index (κ2) is 11.6. The summed E-state index contributed by atoms with van der Waals surface area (Å²) in [5, 5.41) is 10.5. The number of carbonyl (C=O) groups is 1. The Morgan fingerprint density at radius 2 is 2.00 bits per heavy atom. The lowest BCUT2D eigenvalue weighted by Gasteiger charge is -2.43. The van der Waals surface area contributed by atoms with Crippen LogP contribution in [0.25, 0.3) is 16.6 Å². The summed E-state index contributed by atoms with van der Waals surface area (Å²) < 4.78 is 7.58. The molecule has 4 aromatic rings. The maximum absolute atomic E-state index is 13.2. The van der Waals surface area contributed by atoms with E-state index in [0.717, 1.165) is 50.4 Å². The molecule has 0 radical (unpaired) electrons. The first-order valence-corrected chi connectivity index (χ1v) is 14.5. The SMILES string of the molecule is CN(C)C1CN(c2ccc(-n3cc(C(=O)O)c(=O)c4cc(Cl)c(N5CCC[C@@H]5CCOc5ccccn5)cc43)cn2)C1. The average molecular weight is 589 g/mol. The number of likely N-dealkylation sites (N-methyl/N-ethyl adjacent to an activating group) is 1. The number of pyridine rings is 3. The Bertz CT molecular complexity index is 1650. The number of aromatic nitrogens is 3. The van der Waals surface area contributed by atoms with Crippen LogP contribution in [0.3, 0.4) is 0 Å². The highest BCUT2D eigenvalue weighted by atomic mass is 35.5. The van der Waals surface area contributed by atoms with Crippen molar-refractivity contribution in [3.05, 3.63) is 81.9 Å². The number of aromatic carboxylic acids is 1. The molecule has 2 aliphatic heterocycles. The number of benzene rings is 1. The molecule has 0 unspecified atom stereocenters. The monoisotopic (exact) mass is 588 g/mol. The molecule has 2 aliphatic rings. The van der Waals surface area contributed by atoms with Crippen LogP contribution < -0.4 is 20.0 Å². The van der Waals surface area contributed by atoms with Crippen molar-refractivity contribution in [2.75, 3.05) is 50.1 Å². The summed E-state index contributed by atoms with van der Waals surface area (Å²) in [6.07, 6.45) is 7.58. The van der Waals surface area contributed by atoms with Crippen LogP contribution in [0.1, 0.15) is 29.6 Å². The minimum atomic E-state index is -1.29. The highest BCUT2D eigenvalue weighted by molar-refractivity contribution is 6.34. The zero-order chi connectivity index (χ0) is 29.4. The highest BCUT2D eigenvalue weighted by Crippen LogP contribution is 2.36. The molecule has 6 rings (SSSR count). The van der Waals surface area contributed by atoms with Gasteiger partial charge in [0.05, 0.1) is 34.7 Å². The minimum absolute atomic E-state index is 0.200. The first kappa shape index (κ1) is 28.0. The predicted octanol–water partition coefficient (Wildman–Crippen LogP) is 4.32. The zero-order valence-electron chi connectivity index (χ0n) is 23.6. The smallest absolute Gasteiger partial charge is 0.341 e. The molecule has 2 saturated heterocycles. The van der Waals surface area contributed by atoms with Gasteiger partial charge in [0.15, 0.2) is 0 Å². The van der Waals surface area contributed by atoms with Crippen molar-refractivity contribution < 1.29 is 14.6 Å². The molecule has 0 bridgehead atoms. The van der Waals surface area contributed by atoms with Crippen LogP contribution in [0.4, 0.5) is 11.5 Å². The number of halogens is 1. The summed E-state index contributed by atoms with van der Waals surface area (Å²) in [4.78, 5) is 40.8. The van der Waals surface area contributed by atoms with Crippen molar-refractivity contribution in [2.45, 2.75) is 31.3 Å². The van der Waals surface area contributed by atoms with Crippen molar-refractivity contribution in [1.82, 2.24) is 19.4 Å². The van der Waals surface area contributed by atoms with E-state index in [2.05, 4.69) is 38.8 Å². The fourth-order valence-corrected chi connectivity index (χ4v) is 6.05. The van der Waals surface area contributed by atoms with Crippen LogP contribution in [0.15, 0.2) is 65.8 Å². The van der Waals surface area contributed by atoms with Crippen molar-refractivity contribution in [1.29, 1.82) is 0 Å². The zero-order valence-corrected chi connectivity index (χ0v) is 24.4. The Hall–Kier alpha value is -4.15. The van der Waals surface area contributed by atoms with Gasteiger partial charge in [-0.2, -0.15) is 0 Å². The average Bonchev–Trinajstić information content (AvgIpc) is 3.41. The van der Waals surface area contributed by atoms with Gasteiger partial charge in [-0.05, 0) is 57.3 Å². The first-order valence-electron chi connectivity index (χ1n) is 14.1. The van der Waals surface area contributed by atoms with Gasteiger partial charge in [0, 0.05) is 62.0 Å². The Balaban J connectivity index is 1.33. The number of fused-ring (bicyclic) bond motifs is 1. The predicted molar refractivity (Wildman–Crippen MR) is 164 cm³/mol. The third-order valence-corrected chi connectivity index (χ3v) is 8.56. The topological polar surface area (TPSA) is 104 Å². The largest absolute Gasteiger partial charge is 0.478 e. The van der Waals surface area contributed by atoms with Crippen LogP contribution in [0, 0.1) is 0 Å². The summed E-state index contributed by atoms with van der Waals surface area (Å²) in [6, 6.07) is 13.6. The van der Waals surface area contributed by atoms with E-state index in [-0.39, 0.29) is 17.0 Å². The third kappa shape index (κ3) is 5.39. The Morgan fingerprint density at radius 3 is 2.69 bits per heavy atom. The number of rotatable bonds is 9. The fourth-order valence-electron chi connectivity index (χ4n) is 5.78. The lowest BCUT2D eigenvalue weighted by molar-refractivity contribution is 0.0695. The number of anilines is 2. The van der Waals surface area contributed by atoms with E-state index in [1.807, 2.05) is 36.4 Å². The van der Waals surface area contributed by atoms with Crippen molar-refractivity contribution in [3.63, 3.8) is 0 Å². The molecule has 11 heteroatoms. The lowest BCUT2D eigenvalue weighted by atomic mass is 10.1. The molecule has 1 N–H and O–H groups in total. The molecular weight excluding hydrogens is 556 g/mol. The molecule has 1 atom stereocenters. The van der Waals surface area contributed by atoms with Crippen LogP contribution in [-0.4, -0.2) is 82.9 Å². The maximum atomic E-state index is 13.2. The Kier molecular flexibility index (Phi) is 7.74. The molecule has 5 heterocycles. The van der Waals surface area contributed by atoms with Crippen LogP contribution >= 0.6 is 11.6 Å². The van der Waals surface area contributed by atoms with Gasteiger partial charge in [0.25, 0.3) is 0 Å². The number of carboxylic acid groups (broad SMARTS) is 1. The van der Waals surface area contributed by atoms with Crippen LogP contribution in [-0.2, 0) is 0 Å². The first-order chi connectivity index (χ1) is 20.3. The van der Waals surface area contributed by atoms with Gasteiger partial charge in [-0.25, -0.2) is 14.8 Å². The lowest BCUT2D eigenvalue weighted by Crippen LogP contribution is -2.57. The second-order valence-corrected chi connectivity index (χ2v) is 11.5. The van der Waals surface area contributed by atoms with Gasteiger partial charge in [-0.1, -0.05) is 17.7 Å². The number of hydrogen-bond donors (Lipinski definition) is 1. The number of nitrogens with zero attached hydrogens (tertiary/aromatic N) is 6. The van der Waals surface area contributed by atoms with Gasteiger partial charge >= 0.3 is 5.97 Å². The van der Waals surface area contributed by atoms with Gasteiger partial charge in [-0.3, -0.25) is 4.79 Å². The van der Waals surface area contributed by atoms with E-state index >= 15 is 0 Å². The summed E-state index contributed by atoms with van der Waals surface area (Å²) in [5.74, 6) is 0.163. The fraction of sp³-hybridized carbons (Fsp3) is 0.355. The standard InChI is InChI=1S/C31H33ClN6O4/c1-35(2)22-17-36(18-22)28-9-8-21(16-34-28)38-19-24(31(40)41)30(39)23-14-25(32)27(15-26(23)38)37-12-5-6-20(37)10-13-42-29-7-3-4-11-33-29/h3-4,7-9,11,14-16,19-20,22H,5-6,10,12-13,17-18H2,1-2H3,(H,40,41)/t20-/m1/s1. The minimum Gasteiger partial charge on any atom is -0.478 e. The summed E-state index contributed by atoms with van der Waals surface area (Å²) in [6.45, 7) is 3.13. The van der Waals surface area contributed by atoms with Gasteiger partial charge < -0.3 is 29.1 Å². The molecule has 10 nitrogen and oxygen atoms in total. The van der Waals surface area contributed by atoms with E-state index in [9.17, 15) is 14.7 Å². The van der Waals surface area contributed by atoms with Crippen molar-refractivity contribution in [2.24, 2.45) is 0 Å². The van der Waals surface area contributed by atoms with Gasteiger partial charge in [0.2, 0.25) is 11.3 Å². The van der Waals surface area contributed by atoms with E-state index in [0.29, 0.717) is 34.8 Å².